The summed E-state index contributed by atoms with van der Waals surface area (Å²) >= 11 is 0. The Kier molecular flexibility index (Phi) is 29.4. The summed E-state index contributed by atoms with van der Waals surface area (Å²) in [5.41, 5.74) is 0. The summed E-state index contributed by atoms with van der Waals surface area (Å²) in [6.07, 6.45) is 3.27. The summed E-state index contributed by atoms with van der Waals surface area (Å²) in [5.74, 6) is 1.65. The van der Waals surface area contributed by atoms with Crippen LogP contribution in [0.15, 0.2) is 0 Å². The molecule has 8 atom stereocenters. The first-order valence-electron chi connectivity index (χ1n) is 30.6. The monoisotopic (exact) mass is 1150 g/mol. The van der Waals surface area contributed by atoms with Gasteiger partial charge in [-0.1, -0.05) is 111 Å². The first-order valence-corrected chi connectivity index (χ1v) is 30.6. The second kappa shape index (κ2) is 32.2. The summed E-state index contributed by atoms with van der Waals surface area (Å²) in [5, 5.41) is 0. The van der Waals surface area contributed by atoms with Gasteiger partial charge in [0.2, 0.25) is 70.9 Å². The van der Waals surface area contributed by atoms with Gasteiger partial charge in [-0.2, -0.15) is 0 Å². The molecule has 0 N–H and O–H groups in total. The number of likely N-dealkylation sites (tertiary alicyclic amines) is 6. The van der Waals surface area contributed by atoms with Gasteiger partial charge in [-0.15, -0.1) is 0 Å². The van der Waals surface area contributed by atoms with Crippen LogP contribution in [0, 0.1) is 94.7 Å². The summed E-state index contributed by atoms with van der Waals surface area (Å²) in [6.45, 7) is 47.3. The predicted molar refractivity (Wildman–Crippen MR) is 318 cm³/mol. The van der Waals surface area contributed by atoms with E-state index in [1.807, 2.05) is 138 Å². The van der Waals surface area contributed by atoms with Crippen LogP contribution in [0.25, 0.3) is 0 Å². The maximum Gasteiger partial charge on any atom is 0.233 e. The number of nitrogens with zero attached hydrogens (tertiary/aromatic N) is 6. The largest absolute Gasteiger partial charge is 0.285 e. The minimum absolute atomic E-state index is 0.00347. The van der Waals surface area contributed by atoms with E-state index in [9.17, 15) is 57.5 Å². The van der Waals surface area contributed by atoms with Gasteiger partial charge in [0.15, 0.2) is 0 Å². The smallest absolute Gasteiger partial charge is 0.233 e. The maximum atomic E-state index is 11.8. The molecule has 0 aliphatic carbocycles. The van der Waals surface area contributed by atoms with Crippen LogP contribution in [0.3, 0.4) is 0 Å². The fraction of sp³-hybridized carbons (Fsp3) is 0.812. The number of imide groups is 6. The van der Waals surface area contributed by atoms with Gasteiger partial charge >= 0.3 is 0 Å². The highest BCUT2D eigenvalue weighted by atomic mass is 16.2. The van der Waals surface area contributed by atoms with E-state index in [4.69, 9.17) is 0 Å². The van der Waals surface area contributed by atoms with E-state index < -0.39 is 0 Å². The number of hydrogen-bond donors (Lipinski definition) is 0. The molecule has 6 aliphatic rings. The van der Waals surface area contributed by atoms with Crippen LogP contribution in [-0.2, 0) is 57.5 Å². The van der Waals surface area contributed by atoms with Crippen molar-refractivity contribution in [2.75, 3.05) is 14.1 Å². The lowest BCUT2D eigenvalue weighted by Gasteiger charge is -2.21. The molecule has 82 heavy (non-hydrogen) atoms. The Balaban J connectivity index is 0.000000492. The normalized spacial score (nSPS) is 25.1. The standard InChI is InChI=1S/4C11H19NO2.2C10H17NO2/c2*1-7(2)5-9-6-10(13)12(8(3)4)11(9)14;2*1-6(2)8-9(7(3)4)11(14)12(5)10(8)13;2*1-6(2)8-5-9(12)11(7(3)4)10(8)13/h2*7-9H,5-6H2,1-4H3;2*6-9H,1-5H3;2*6-8H,5H2,1-4H3. The maximum absolute atomic E-state index is 11.8. The van der Waals surface area contributed by atoms with Gasteiger partial charge < -0.3 is 0 Å². The van der Waals surface area contributed by atoms with Gasteiger partial charge in [-0.3, -0.25) is 86.9 Å². The van der Waals surface area contributed by atoms with E-state index in [-0.39, 0.29) is 178 Å². The number of hydrogen-bond acceptors (Lipinski definition) is 12. The van der Waals surface area contributed by atoms with Crippen molar-refractivity contribution < 1.29 is 57.5 Å². The molecule has 0 aromatic carbocycles. The van der Waals surface area contributed by atoms with Gasteiger partial charge in [-0.25, -0.2) is 0 Å². The lowest BCUT2D eigenvalue weighted by Crippen LogP contribution is -2.37. The molecule has 0 aromatic rings. The highest BCUT2D eigenvalue weighted by molar-refractivity contribution is 6.07. The lowest BCUT2D eigenvalue weighted by molar-refractivity contribution is -0.143. The van der Waals surface area contributed by atoms with Crippen LogP contribution in [0.2, 0.25) is 0 Å². The zero-order chi connectivity index (χ0) is 64.2. The third-order valence-corrected chi connectivity index (χ3v) is 16.3. The topological polar surface area (TPSA) is 224 Å². The van der Waals surface area contributed by atoms with E-state index in [2.05, 4.69) is 27.7 Å². The third-order valence-electron chi connectivity index (χ3n) is 16.3. The molecule has 468 valence electrons. The lowest BCUT2D eigenvalue weighted by atomic mass is 9.79. The first-order chi connectivity index (χ1) is 37.5. The van der Waals surface area contributed by atoms with Crippen LogP contribution in [0.1, 0.15) is 205 Å². The van der Waals surface area contributed by atoms with Crippen molar-refractivity contribution in [2.45, 2.75) is 229 Å². The Labute approximate surface area is 493 Å². The van der Waals surface area contributed by atoms with Crippen LogP contribution in [0.5, 0.6) is 0 Å². The predicted octanol–water partition coefficient (Wildman–Crippen LogP) is 9.54. The highest BCUT2D eigenvalue weighted by Gasteiger charge is 2.50. The van der Waals surface area contributed by atoms with E-state index in [1.54, 1.807) is 14.1 Å². The minimum Gasteiger partial charge on any atom is -0.285 e. The van der Waals surface area contributed by atoms with E-state index in [0.717, 1.165) is 12.8 Å². The molecule has 6 rings (SSSR count). The Hall–Kier alpha value is -5.16. The Morgan fingerprint density at radius 3 is 0.610 bits per heavy atom. The Morgan fingerprint density at radius 2 is 0.476 bits per heavy atom. The van der Waals surface area contributed by atoms with Gasteiger partial charge in [0, 0.05) is 87.6 Å². The number of rotatable bonds is 14. The fourth-order valence-electron chi connectivity index (χ4n) is 12.0. The second-order valence-electron chi connectivity index (χ2n) is 27.5. The molecule has 6 heterocycles. The summed E-state index contributed by atoms with van der Waals surface area (Å²) in [7, 11) is 3.17. The molecular weight excluding hydrogens is 1040 g/mol. The quantitative estimate of drug-likeness (QED) is 0.148. The van der Waals surface area contributed by atoms with Gasteiger partial charge in [-0.05, 0) is 116 Å². The van der Waals surface area contributed by atoms with Crippen molar-refractivity contribution in [3.05, 3.63) is 0 Å². The molecule has 18 nitrogen and oxygen atoms in total. The van der Waals surface area contributed by atoms with Crippen molar-refractivity contribution in [2.24, 2.45) is 94.7 Å². The van der Waals surface area contributed by atoms with Crippen LogP contribution in [0.4, 0.5) is 0 Å². The highest BCUT2D eigenvalue weighted by Crippen LogP contribution is 2.38. The molecule has 0 radical (unpaired) electrons. The van der Waals surface area contributed by atoms with Crippen molar-refractivity contribution >= 4 is 70.9 Å². The average Bonchev–Trinajstić information content (AvgIpc) is 4.10. The van der Waals surface area contributed by atoms with Gasteiger partial charge in [0.05, 0.1) is 23.7 Å². The summed E-state index contributed by atoms with van der Waals surface area (Å²) in [4.78, 5) is 148. The van der Waals surface area contributed by atoms with Crippen molar-refractivity contribution in [3.63, 3.8) is 0 Å². The van der Waals surface area contributed by atoms with Crippen LogP contribution < -0.4 is 0 Å². The zero-order valence-electron chi connectivity index (χ0n) is 55.4. The first kappa shape index (κ1) is 74.9. The van der Waals surface area contributed by atoms with Gasteiger partial charge in [0.25, 0.3) is 0 Å². The average molecular weight is 1160 g/mol. The molecule has 0 aromatic heterocycles. The molecule has 0 bridgehead atoms. The molecule has 8 unspecified atom stereocenters. The minimum atomic E-state index is -0.118. The second-order valence-corrected chi connectivity index (χ2v) is 27.5. The molecular formula is C64H110N6O12. The number of carbonyl (C=O) groups excluding carboxylic acids is 12. The molecule has 18 heteroatoms. The summed E-state index contributed by atoms with van der Waals surface area (Å²) < 4.78 is 0. The molecule has 6 fully saturated rings. The SMILES string of the molecule is CC(C)C1C(=O)N(C)C(=O)C1C(C)C.CC(C)C1C(=O)N(C)C(=O)C1C(C)C.CC(C)C1CC(=O)N(C(C)C)C1=O.CC(C)C1CC(=O)N(C(C)C)C1=O.CC(C)CC1CC(=O)N(C(C)C)C1=O.CC(C)CC1CC(=O)N(C(C)C)C1=O. The Morgan fingerprint density at radius 1 is 0.280 bits per heavy atom. The summed E-state index contributed by atoms with van der Waals surface area (Å²) in [6, 6.07) is 0.0202. The van der Waals surface area contributed by atoms with E-state index >= 15 is 0 Å². The van der Waals surface area contributed by atoms with Crippen molar-refractivity contribution in [1.82, 2.24) is 29.4 Å². The van der Waals surface area contributed by atoms with Crippen molar-refractivity contribution in [3.8, 4) is 0 Å². The number of amides is 12. The molecule has 6 aliphatic heterocycles. The molecule has 0 spiro atoms. The third kappa shape index (κ3) is 18.9. The van der Waals surface area contributed by atoms with E-state index in [0.29, 0.717) is 37.5 Å². The molecule has 12 amide bonds. The van der Waals surface area contributed by atoms with Gasteiger partial charge in [0.1, 0.15) is 0 Å². The van der Waals surface area contributed by atoms with Crippen LogP contribution >= 0.6 is 0 Å². The van der Waals surface area contributed by atoms with E-state index in [1.165, 1.54) is 29.4 Å². The zero-order valence-corrected chi connectivity index (χ0v) is 55.4. The van der Waals surface area contributed by atoms with Crippen molar-refractivity contribution in [1.29, 1.82) is 0 Å². The fourth-order valence-corrected chi connectivity index (χ4v) is 12.0. The number of carbonyl (C=O) groups is 12. The van der Waals surface area contributed by atoms with Crippen LogP contribution in [-0.4, -0.2) is 139 Å². The Bertz CT molecular complexity index is 2070. The molecule has 6 saturated heterocycles. The molecule has 0 saturated carbocycles.